The zero-order chi connectivity index (χ0) is 37.9. The van der Waals surface area contributed by atoms with Crippen molar-refractivity contribution in [3.63, 3.8) is 0 Å². The Balaban J connectivity index is 1.01. The summed E-state index contributed by atoms with van der Waals surface area (Å²) in [5, 5.41) is 0.988. The maximum atomic E-state index is 13.6. The van der Waals surface area contributed by atoms with Crippen LogP contribution in [0.5, 0.6) is 23.0 Å². The first-order chi connectivity index (χ1) is 26.7. The van der Waals surface area contributed by atoms with Gasteiger partial charge in [-0.1, -0.05) is 65.9 Å². The number of aryl methyl sites for hydroxylation is 1. The number of amides is 1. The number of hydrogen-bond donors (Lipinski definition) is 1. The predicted molar refractivity (Wildman–Crippen MR) is 219 cm³/mol. The summed E-state index contributed by atoms with van der Waals surface area (Å²) in [6, 6.07) is 41.7. The van der Waals surface area contributed by atoms with E-state index in [1.54, 1.807) is 24.3 Å². The van der Waals surface area contributed by atoms with Crippen molar-refractivity contribution in [2.24, 2.45) is 11.8 Å². The summed E-state index contributed by atoms with van der Waals surface area (Å²) in [7, 11) is -3.79. The van der Waals surface area contributed by atoms with E-state index >= 15 is 0 Å². The number of nitrogens with one attached hydrogen (secondary N) is 1. The molecule has 3 heterocycles. The van der Waals surface area contributed by atoms with E-state index in [0.29, 0.717) is 18.0 Å². The molecule has 1 amide bonds. The fraction of sp³-hybridized carbons (Fsp3) is 0.200. The number of pyridine rings is 1. The van der Waals surface area contributed by atoms with Gasteiger partial charge < -0.3 is 14.4 Å². The SMILES string of the molecule is C=C[C@@H](CNS(=O)(=O)c1ccc(Oc2ccccc2)cc1)[C@H]1CCN2C(=O)S[C@@H](c3cc(-c4ccc(Oc5ccccc5)cc4)nc4ccc(C)cc34)[C@@H]2C1. The van der Waals surface area contributed by atoms with Crippen LogP contribution in [0, 0.1) is 18.8 Å². The minimum atomic E-state index is -3.79. The van der Waals surface area contributed by atoms with E-state index in [1.807, 2.05) is 95.9 Å². The third-order valence-corrected chi connectivity index (χ3v) is 13.2. The Hall–Kier alpha value is -5.42. The van der Waals surface area contributed by atoms with Gasteiger partial charge in [-0.25, -0.2) is 18.1 Å². The lowest BCUT2D eigenvalue weighted by Gasteiger charge is -2.39. The van der Waals surface area contributed by atoms with Crippen LogP contribution in [0.3, 0.4) is 0 Å². The summed E-state index contributed by atoms with van der Waals surface area (Å²) in [6.07, 6.45) is 3.34. The van der Waals surface area contributed by atoms with Crippen LogP contribution in [0.25, 0.3) is 22.2 Å². The van der Waals surface area contributed by atoms with Crippen LogP contribution in [0.2, 0.25) is 0 Å². The average Bonchev–Trinajstić information content (AvgIpc) is 3.54. The molecule has 55 heavy (non-hydrogen) atoms. The van der Waals surface area contributed by atoms with Crippen molar-refractivity contribution in [2.75, 3.05) is 13.1 Å². The van der Waals surface area contributed by atoms with Gasteiger partial charge in [0.1, 0.15) is 23.0 Å². The Morgan fingerprint density at radius 2 is 1.47 bits per heavy atom. The molecule has 0 unspecified atom stereocenters. The van der Waals surface area contributed by atoms with E-state index in [-0.39, 0.29) is 39.8 Å². The number of nitrogens with zero attached hydrogens (tertiary/aromatic N) is 2. The van der Waals surface area contributed by atoms with Crippen LogP contribution in [0.15, 0.2) is 151 Å². The minimum Gasteiger partial charge on any atom is -0.457 e. The van der Waals surface area contributed by atoms with Gasteiger partial charge in [-0.3, -0.25) is 4.79 Å². The van der Waals surface area contributed by atoms with Crippen molar-refractivity contribution in [3.8, 4) is 34.3 Å². The summed E-state index contributed by atoms with van der Waals surface area (Å²) < 4.78 is 41.5. The van der Waals surface area contributed by atoms with E-state index in [4.69, 9.17) is 14.5 Å². The molecular weight excluding hydrogens is 727 g/mol. The van der Waals surface area contributed by atoms with E-state index in [9.17, 15) is 13.2 Å². The smallest absolute Gasteiger partial charge is 0.282 e. The van der Waals surface area contributed by atoms with Crippen molar-refractivity contribution in [3.05, 3.63) is 157 Å². The number of carbonyl (C=O) groups is 1. The third-order valence-electron chi connectivity index (χ3n) is 10.5. The van der Waals surface area contributed by atoms with Crippen molar-refractivity contribution in [1.82, 2.24) is 14.6 Å². The first kappa shape index (κ1) is 36.6. The van der Waals surface area contributed by atoms with Gasteiger partial charge in [0, 0.05) is 30.1 Å². The second-order valence-corrected chi connectivity index (χ2v) is 16.9. The number of piperidine rings is 1. The fourth-order valence-electron chi connectivity index (χ4n) is 7.56. The van der Waals surface area contributed by atoms with Gasteiger partial charge in [0.15, 0.2) is 0 Å². The molecule has 0 bridgehead atoms. The van der Waals surface area contributed by atoms with Crippen LogP contribution in [-0.4, -0.2) is 42.7 Å². The molecule has 10 heteroatoms. The maximum absolute atomic E-state index is 13.6. The fourth-order valence-corrected chi connectivity index (χ4v) is 9.95. The molecule has 8 nitrogen and oxygen atoms in total. The van der Waals surface area contributed by atoms with E-state index in [1.165, 1.54) is 11.8 Å². The monoisotopic (exact) mass is 767 g/mol. The minimum absolute atomic E-state index is 0.0620. The van der Waals surface area contributed by atoms with Crippen molar-refractivity contribution >= 4 is 37.9 Å². The zero-order valence-corrected chi connectivity index (χ0v) is 32.0. The number of fused-ring (bicyclic) bond motifs is 2. The molecule has 2 saturated heterocycles. The molecule has 0 aliphatic carbocycles. The van der Waals surface area contributed by atoms with Gasteiger partial charge in [-0.15, -0.1) is 6.58 Å². The largest absolute Gasteiger partial charge is 0.457 e. The van der Waals surface area contributed by atoms with Crippen molar-refractivity contribution in [2.45, 2.75) is 36.0 Å². The van der Waals surface area contributed by atoms with Crippen LogP contribution >= 0.6 is 11.8 Å². The lowest BCUT2D eigenvalue weighted by atomic mass is 9.79. The second kappa shape index (κ2) is 15.7. The summed E-state index contributed by atoms with van der Waals surface area (Å²) in [5.74, 6) is 2.73. The molecule has 6 aromatic rings. The van der Waals surface area contributed by atoms with Crippen LogP contribution < -0.4 is 14.2 Å². The first-order valence-corrected chi connectivity index (χ1v) is 20.8. The number of para-hydroxylation sites is 2. The Morgan fingerprint density at radius 1 is 0.855 bits per heavy atom. The van der Waals surface area contributed by atoms with Crippen molar-refractivity contribution < 1.29 is 22.7 Å². The molecule has 2 aliphatic rings. The molecule has 4 atom stereocenters. The summed E-state index contributed by atoms with van der Waals surface area (Å²) in [6.45, 7) is 7.00. The number of ether oxygens (including phenoxy) is 2. The van der Waals surface area contributed by atoms with Crippen LogP contribution in [0.4, 0.5) is 4.79 Å². The summed E-state index contributed by atoms with van der Waals surface area (Å²) in [4.78, 5) is 20.8. The van der Waals surface area contributed by atoms with Gasteiger partial charge >= 0.3 is 0 Å². The van der Waals surface area contributed by atoms with E-state index in [2.05, 4.69) is 42.5 Å². The Labute approximate surface area is 326 Å². The van der Waals surface area contributed by atoms with Crippen LogP contribution in [0.1, 0.15) is 29.2 Å². The molecule has 278 valence electrons. The number of thioether (sulfide) groups is 1. The maximum Gasteiger partial charge on any atom is 0.282 e. The molecule has 2 aliphatic heterocycles. The van der Waals surface area contributed by atoms with Gasteiger partial charge in [0.2, 0.25) is 10.0 Å². The van der Waals surface area contributed by atoms with Gasteiger partial charge in [0.25, 0.3) is 5.24 Å². The van der Waals surface area contributed by atoms with Crippen LogP contribution in [-0.2, 0) is 10.0 Å². The highest BCUT2D eigenvalue weighted by atomic mass is 32.2. The highest BCUT2D eigenvalue weighted by molar-refractivity contribution is 8.14. The molecule has 1 aromatic heterocycles. The van der Waals surface area contributed by atoms with Gasteiger partial charge in [0.05, 0.1) is 21.4 Å². The van der Waals surface area contributed by atoms with Gasteiger partial charge in [-0.2, -0.15) is 0 Å². The van der Waals surface area contributed by atoms with E-state index < -0.39 is 10.0 Å². The number of benzene rings is 5. The summed E-state index contributed by atoms with van der Waals surface area (Å²) >= 11 is 1.38. The number of carbonyl (C=O) groups excluding carboxylic acids is 1. The highest BCUT2D eigenvalue weighted by Crippen LogP contribution is 2.51. The average molecular weight is 768 g/mol. The number of aromatic nitrogens is 1. The van der Waals surface area contributed by atoms with Gasteiger partial charge in [-0.05, 0) is 128 Å². The molecular formula is C45H41N3O5S2. The Kier molecular flexibility index (Phi) is 10.5. The molecule has 0 saturated carbocycles. The van der Waals surface area contributed by atoms with E-state index in [0.717, 1.165) is 57.6 Å². The predicted octanol–water partition coefficient (Wildman–Crippen LogP) is 10.6. The topological polar surface area (TPSA) is 97.8 Å². The molecule has 0 spiro atoms. The normalized spacial score (nSPS) is 18.8. The number of rotatable bonds is 12. The lowest BCUT2D eigenvalue weighted by molar-refractivity contribution is 0.135. The molecule has 5 aromatic carbocycles. The Morgan fingerprint density at radius 3 is 2.11 bits per heavy atom. The molecule has 1 N–H and O–H groups in total. The molecule has 2 fully saturated rings. The number of sulfonamides is 1. The number of hydrogen-bond acceptors (Lipinski definition) is 7. The quantitative estimate of drug-likeness (QED) is 0.124. The lowest BCUT2D eigenvalue weighted by Crippen LogP contribution is -2.44. The summed E-state index contributed by atoms with van der Waals surface area (Å²) in [5.41, 5.74) is 4.86. The standard InChI is InChI=1S/C45H41N3O5S2/c1-3-31(29-46-55(50,51)38-21-19-37(20-22-38)53-35-12-8-5-9-13-35)33-24-25-48-43(27-33)44(54-45(48)49)40-28-42(47-41-23-14-30(2)26-39(40)41)32-15-17-36(18-16-32)52-34-10-6-4-7-11-34/h3-23,26,28,31,33,43-44,46H,1,24-25,27,29H2,2H3/t31-,33-,43-,44-/m0/s1. The molecule has 0 radical (unpaired) electrons. The molecule has 8 rings (SSSR count). The zero-order valence-electron chi connectivity index (χ0n) is 30.4. The first-order valence-electron chi connectivity index (χ1n) is 18.4. The third kappa shape index (κ3) is 8.03. The highest BCUT2D eigenvalue weighted by Gasteiger charge is 2.46. The Bertz CT molecular complexity index is 2430. The second-order valence-electron chi connectivity index (χ2n) is 14.0. The van der Waals surface area contributed by atoms with Crippen molar-refractivity contribution in [1.29, 1.82) is 0 Å².